The van der Waals surface area contributed by atoms with Crippen molar-refractivity contribution in [2.24, 2.45) is 0 Å². The number of fused-ring (bicyclic) bond motifs is 1. The molecule has 0 radical (unpaired) electrons. The van der Waals surface area contributed by atoms with Gasteiger partial charge < -0.3 is 30.1 Å². The van der Waals surface area contributed by atoms with Crippen LogP contribution in [0.3, 0.4) is 0 Å². The average molecular weight is 626 g/mol. The molecular weight excluding hydrogens is 590 g/mol. The quantitative estimate of drug-likeness (QED) is 0.185. The molecule has 0 amide bonds. The zero-order valence-corrected chi connectivity index (χ0v) is 25.3. The van der Waals surface area contributed by atoms with E-state index in [0.29, 0.717) is 29.7 Å². The highest BCUT2D eigenvalue weighted by atomic mass is 35.5. The van der Waals surface area contributed by atoms with E-state index < -0.39 is 11.9 Å². The number of nitrogens with zero attached hydrogens (tertiary/aromatic N) is 2. The van der Waals surface area contributed by atoms with E-state index in [4.69, 9.17) is 41.2 Å². The lowest BCUT2D eigenvalue weighted by molar-refractivity contribution is -0.894. The zero-order valence-electron chi connectivity index (χ0n) is 24.5. The van der Waals surface area contributed by atoms with Gasteiger partial charge in [-0.3, -0.25) is 9.59 Å². The number of nitrogens with one attached hydrogen (secondary N) is 1. The van der Waals surface area contributed by atoms with E-state index >= 15 is 0 Å². The number of carbonyl (C=O) groups is 3. The molecule has 2 unspecified atom stereocenters. The van der Waals surface area contributed by atoms with Crippen LogP contribution in [0.25, 0.3) is 10.8 Å². The second kappa shape index (κ2) is 17.5. The van der Waals surface area contributed by atoms with Crippen LogP contribution < -0.4 is 15.6 Å². The van der Waals surface area contributed by atoms with Gasteiger partial charge in [0.25, 0.3) is 5.56 Å². The van der Waals surface area contributed by atoms with E-state index in [-0.39, 0.29) is 29.5 Å². The summed E-state index contributed by atoms with van der Waals surface area (Å²) < 4.78 is 6.49. The molecule has 0 saturated heterocycles. The third-order valence-electron chi connectivity index (χ3n) is 6.87. The summed E-state index contributed by atoms with van der Waals surface area (Å²) >= 11 is 6.08. The lowest BCUT2D eigenvalue weighted by Gasteiger charge is -2.22. The number of methoxy groups -OCH3 is 1. The molecule has 0 saturated carbocycles. The highest BCUT2D eigenvalue weighted by Gasteiger charge is 2.21. The number of hydrogen-bond acceptors (Lipinski definition) is 7. The molecule has 4 N–H and O–H groups in total. The molecule has 4 aromatic rings. The zero-order chi connectivity index (χ0) is 31.4. The SMILES string of the molecule is COC(=O)CCC(CC[NH+](C)Cc1ccccc1)n1nc(Cc2ccc(Cl)cc2)c2ccccc2c1=O.O.O=C([O-])C(=O)O. The van der Waals surface area contributed by atoms with Crippen LogP contribution >= 0.6 is 11.6 Å². The molecule has 0 aliphatic heterocycles. The van der Waals surface area contributed by atoms with Crippen LogP contribution in [0.4, 0.5) is 0 Å². The monoisotopic (exact) mass is 625 g/mol. The Labute approximate surface area is 259 Å². The van der Waals surface area contributed by atoms with Crippen LogP contribution in [-0.2, 0) is 32.1 Å². The molecule has 1 heterocycles. The van der Waals surface area contributed by atoms with Crippen molar-refractivity contribution in [3.8, 4) is 0 Å². The number of rotatable bonds is 11. The van der Waals surface area contributed by atoms with Gasteiger partial charge >= 0.3 is 11.9 Å². The molecular formula is C32H36ClN3O8. The smallest absolute Gasteiger partial charge is 0.351 e. The number of ether oxygens (including phenoxy) is 1. The molecule has 44 heavy (non-hydrogen) atoms. The molecule has 12 heteroatoms. The second-order valence-electron chi connectivity index (χ2n) is 10.1. The molecule has 0 aliphatic rings. The second-order valence-corrected chi connectivity index (χ2v) is 10.5. The lowest BCUT2D eigenvalue weighted by Crippen LogP contribution is -3.07. The van der Waals surface area contributed by atoms with E-state index in [1.807, 2.05) is 66.7 Å². The van der Waals surface area contributed by atoms with E-state index in [2.05, 4.69) is 19.2 Å². The molecule has 11 nitrogen and oxygen atoms in total. The highest BCUT2D eigenvalue weighted by molar-refractivity contribution is 6.30. The minimum atomic E-state index is -2.07. The Morgan fingerprint density at radius 1 is 0.955 bits per heavy atom. The first-order chi connectivity index (χ1) is 20.6. The summed E-state index contributed by atoms with van der Waals surface area (Å²) in [7, 11) is 3.53. The fraction of sp³-hybridized carbons (Fsp3) is 0.281. The predicted octanol–water partition coefficient (Wildman–Crippen LogP) is 1.24. The van der Waals surface area contributed by atoms with Gasteiger partial charge in [-0.1, -0.05) is 72.3 Å². The normalized spacial score (nSPS) is 11.8. The minimum Gasteiger partial charge on any atom is -0.539 e. The summed E-state index contributed by atoms with van der Waals surface area (Å²) in [6, 6.07) is 25.4. The lowest BCUT2D eigenvalue weighted by atomic mass is 10.0. The Morgan fingerprint density at radius 2 is 1.55 bits per heavy atom. The topological polar surface area (TPSA) is 175 Å². The number of carboxylic acid groups (broad SMARTS) is 2. The van der Waals surface area contributed by atoms with Gasteiger partial charge in [0.1, 0.15) is 6.54 Å². The number of quaternary nitrogens is 1. The van der Waals surface area contributed by atoms with Crippen LogP contribution in [0.1, 0.15) is 42.1 Å². The highest BCUT2D eigenvalue weighted by Crippen LogP contribution is 2.22. The number of aromatic nitrogens is 2. The minimum absolute atomic E-state index is 0. The van der Waals surface area contributed by atoms with Gasteiger partial charge in [0.05, 0.1) is 37.8 Å². The van der Waals surface area contributed by atoms with E-state index in [1.54, 1.807) is 4.68 Å². The fourth-order valence-electron chi connectivity index (χ4n) is 4.67. The van der Waals surface area contributed by atoms with Crippen molar-refractivity contribution in [3.63, 3.8) is 0 Å². The van der Waals surface area contributed by atoms with Crippen molar-refractivity contribution in [1.82, 2.24) is 9.78 Å². The Kier molecular flexibility index (Phi) is 14.2. The molecule has 0 bridgehead atoms. The maximum Gasteiger partial charge on any atom is 0.351 e. The largest absolute Gasteiger partial charge is 0.539 e. The van der Waals surface area contributed by atoms with E-state index in [0.717, 1.165) is 29.7 Å². The van der Waals surface area contributed by atoms with E-state index in [9.17, 15) is 9.59 Å². The summed E-state index contributed by atoms with van der Waals surface area (Å²) in [4.78, 5) is 45.0. The summed E-state index contributed by atoms with van der Waals surface area (Å²) in [6.07, 6.45) is 1.99. The Hall–Kier alpha value is -4.58. The van der Waals surface area contributed by atoms with Crippen molar-refractivity contribution in [3.05, 3.63) is 111 Å². The Morgan fingerprint density at radius 3 is 2.14 bits per heavy atom. The number of carboxylic acids is 2. The number of carbonyl (C=O) groups excluding carboxylic acids is 2. The Bertz CT molecular complexity index is 1580. The van der Waals surface area contributed by atoms with Crippen LogP contribution in [-0.4, -0.2) is 59.0 Å². The van der Waals surface area contributed by atoms with Crippen molar-refractivity contribution >= 4 is 40.3 Å². The summed E-state index contributed by atoms with van der Waals surface area (Å²) in [5.41, 5.74) is 3.01. The van der Waals surface area contributed by atoms with Crippen LogP contribution in [0.5, 0.6) is 0 Å². The Balaban J connectivity index is 0.000000877. The average Bonchev–Trinajstić information content (AvgIpc) is 3.00. The van der Waals surface area contributed by atoms with Crippen molar-refractivity contribution in [1.29, 1.82) is 0 Å². The molecule has 0 fully saturated rings. The standard InChI is InChI=1S/C30H32ClN3O3.C2H2O4.H2O/c1-33(21-23-8-4-3-5-9-23)19-18-25(16-17-29(35)37-2)34-30(36)27-11-7-6-10-26(27)28(32-34)20-22-12-14-24(31)15-13-22;3-1(4)2(5)6;/h3-15,25H,16-21H2,1-2H3;(H,3,4)(H,5,6);1H2. The summed E-state index contributed by atoms with van der Waals surface area (Å²) in [5, 5.41) is 23.4. The molecule has 2 atom stereocenters. The number of esters is 1. The van der Waals surface area contributed by atoms with E-state index in [1.165, 1.54) is 17.6 Å². The first-order valence-electron chi connectivity index (χ1n) is 13.7. The maximum atomic E-state index is 13.6. The van der Waals surface area contributed by atoms with Crippen LogP contribution in [0.2, 0.25) is 5.02 Å². The van der Waals surface area contributed by atoms with Crippen molar-refractivity contribution in [2.75, 3.05) is 20.7 Å². The third-order valence-corrected chi connectivity index (χ3v) is 7.12. The first-order valence-corrected chi connectivity index (χ1v) is 14.1. The van der Waals surface area contributed by atoms with Gasteiger partial charge in [0.2, 0.25) is 0 Å². The number of benzene rings is 3. The van der Waals surface area contributed by atoms with Crippen molar-refractivity contribution < 1.29 is 39.7 Å². The van der Waals surface area contributed by atoms with Crippen molar-refractivity contribution in [2.45, 2.75) is 38.3 Å². The number of halogens is 1. The summed E-state index contributed by atoms with van der Waals surface area (Å²) in [5.74, 6) is -4.30. The fourth-order valence-corrected chi connectivity index (χ4v) is 4.79. The predicted molar refractivity (Wildman–Crippen MR) is 163 cm³/mol. The summed E-state index contributed by atoms with van der Waals surface area (Å²) in [6.45, 7) is 1.71. The molecule has 1 aromatic heterocycles. The molecule has 0 aliphatic carbocycles. The molecule has 4 rings (SSSR count). The maximum absolute atomic E-state index is 13.6. The number of hydrogen-bond donors (Lipinski definition) is 2. The van der Waals surface area contributed by atoms with Crippen LogP contribution in [0, 0.1) is 0 Å². The molecule has 0 spiro atoms. The van der Waals surface area contributed by atoms with Gasteiger partial charge in [-0.05, 0) is 30.2 Å². The van der Waals surface area contributed by atoms with Gasteiger partial charge in [-0.25, -0.2) is 9.48 Å². The van der Waals surface area contributed by atoms with Crippen LogP contribution in [0.15, 0.2) is 83.7 Å². The van der Waals surface area contributed by atoms with Gasteiger partial charge in [-0.2, -0.15) is 5.10 Å². The van der Waals surface area contributed by atoms with Gasteiger partial charge in [0.15, 0.2) is 5.97 Å². The molecule has 234 valence electrons. The van der Waals surface area contributed by atoms with Gasteiger partial charge in [0, 0.05) is 35.2 Å². The first kappa shape index (κ1) is 35.6. The molecule has 3 aromatic carbocycles. The van der Waals surface area contributed by atoms with Gasteiger partial charge in [-0.15, -0.1) is 0 Å². The third kappa shape index (κ3) is 10.6. The number of aliphatic carboxylic acids is 2.